The summed E-state index contributed by atoms with van der Waals surface area (Å²) in [7, 11) is 0. The van der Waals surface area contributed by atoms with Crippen LogP contribution in [0.15, 0.2) is 34.8 Å². The second-order valence-electron chi connectivity index (χ2n) is 6.88. The Morgan fingerprint density at radius 3 is 2.57 bits per heavy atom. The first kappa shape index (κ1) is 19.3. The van der Waals surface area contributed by atoms with Crippen molar-refractivity contribution in [3.05, 3.63) is 34.8 Å². The second kappa shape index (κ2) is 8.23. The van der Waals surface area contributed by atoms with Crippen LogP contribution in [-0.2, 0) is 9.47 Å². The zero-order chi connectivity index (χ0) is 17.6. The van der Waals surface area contributed by atoms with Gasteiger partial charge in [0.05, 0.1) is 12.2 Å². The molecule has 0 radical (unpaired) electrons. The van der Waals surface area contributed by atoms with Crippen molar-refractivity contribution >= 4 is 6.09 Å². The van der Waals surface area contributed by atoms with Crippen molar-refractivity contribution in [3.63, 3.8) is 0 Å². The van der Waals surface area contributed by atoms with E-state index in [1.165, 1.54) is 0 Å². The van der Waals surface area contributed by atoms with Crippen molar-refractivity contribution in [1.82, 2.24) is 4.90 Å². The van der Waals surface area contributed by atoms with Crippen LogP contribution < -0.4 is 0 Å². The van der Waals surface area contributed by atoms with Crippen LogP contribution >= 0.6 is 0 Å². The monoisotopic (exact) mass is 321 g/mol. The Bertz CT molecular complexity index is 521. The van der Waals surface area contributed by atoms with Crippen LogP contribution in [0.1, 0.15) is 61.3 Å². The Morgan fingerprint density at radius 1 is 1.35 bits per heavy atom. The SMILES string of the molecule is CCC/C=C/C(C)=C(/C)C1=C(C)OCCN1C(=O)OC(C)(C)C. The highest BCUT2D eigenvalue weighted by atomic mass is 16.6. The first-order valence-corrected chi connectivity index (χ1v) is 8.36. The van der Waals surface area contributed by atoms with E-state index in [4.69, 9.17) is 9.47 Å². The smallest absolute Gasteiger partial charge is 0.415 e. The molecule has 0 spiro atoms. The molecule has 0 saturated carbocycles. The molecular weight excluding hydrogens is 290 g/mol. The lowest BCUT2D eigenvalue weighted by Gasteiger charge is -2.33. The number of carbonyl (C=O) groups excluding carboxylic acids is 1. The van der Waals surface area contributed by atoms with Crippen LogP contribution in [0, 0.1) is 0 Å². The standard InChI is InChI=1S/C19H31NO3/c1-8-9-10-11-14(2)15(3)17-16(4)22-13-12-20(17)18(21)23-19(5,6)7/h10-11H,8-9,12-13H2,1-7H3/b11-10+,15-14-. The number of allylic oxidation sites excluding steroid dienone is 5. The lowest BCUT2D eigenvalue weighted by molar-refractivity contribution is 0.0215. The third-order valence-electron chi connectivity index (χ3n) is 3.62. The largest absolute Gasteiger partial charge is 0.494 e. The molecule has 1 aliphatic rings. The van der Waals surface area contributed by atoms with E-state index < -0.39 is 5.60 Å². The molecule has 1 heterocycles. The Labute approximate surface area is 140 Å². The molecule has 0 aromatic rings. The Morgan fingerprint density at radius 2 is 2.00 bits per heavy atom. The van der Waals surface area contributed by atoms with Gasteiger partial charge in [-0.25, -0.2) is 4.79 Å². The van der Waals surface area contributed by atoms with Gasteiger partial charge in [-0.3, -0.25) is 4.90 Å². The van der Waals surface area contributed by atoms with Gasteiger partial charge in [0, 0.05) is 0 Å². The summed E-state index contributed by atoms with van der Waals surface area (Å²) < 4.78 is 11.2. The van der Waals surface area contributed by atoms with Gasteiger partial charge in [0.25, 0.3) is 0 Å². The summed E-state index contributed by atoms with van der Waals surface area (Å²) in [6, 6.07) is 0. The number of unbranched alkanes of at least 4 members (excludes halogenated alkanes) is 1. The average molecular weight is 321 g/mol. The predicted molar refractivity (Wildman–Crippen MR) is 94.0 cm³/mol. The molecule has 0 atom stereocenters. The van der Waals surface area contributed by atoms with E-state index in [-0.39, 0.29) is 6.09 Å². The summed E-state index contributed by atoms with van der Waals surface area (Å²) in [5.74, 6) is 0.767. The molecule has 1 rings (SSSR count). The van der Waals surface area contributed by atoms with Gasteiger partial charge in [-0.05, 0) is 59.1 Å². The molecular formula is C19H31NO3. The number of amides is 1. The minimum absolute atomic E-state index is 0.320. The van der Waals surface area contributed by atoms with Gasteiger partial charge in [-0.15, -0.1) is 0 Å². The van der Waals surface area contributed by atoms with Crippen LogP contribution in [-0.4, -0.2) is 29.7 Å². The fourth-order valence-corrected chi connectivity index (χ4v) is 2.36. The fraction of sp³-hybridized carbons (Fsp3) is 0.632. The Kier molecular flexibility index (Phi) is 6.92. The molecule has 1 amide bonds. The number of rotatable bonds is 4. The number of hydrogen-bond donors (Lipinski definition) is 0. The number of carbonyl (C=O) groups is 1. The highest BCUT2D eigenvalue weighted by molar-refractivity contribution is 5.72. The maximum Gasteiger partial charge on any atom is 0.415 e. The summed E-state index contributed by atoms with van der Waals surface area (Å²) in [6.07, 6.45) is 6.13. The highest BCUT2D eigenvalue weighted by Gasteiger charge is 2.30. The zero-order valence-electron chi connectivity index (χ0n) is 15.7. The van der Waals surface area contributed by atoms with E-state index in [0.29, 0.717) is 13.2 Å². The van der Waals surface area contributed by atoms with Crippen molar-refractivity contribution in [2.45, 2.75) is 66.9 Å². The third-order valence-corrected chi connectivity index (χ3v) is 3.62. The lowest BCUT2D eigenvalue weighted by atomic mass is 10.0. The quantitative estimate of drug-likeness (QED) is 0.670. The van der Waals surface area contributed by atoms with Crippen molar-refractivity contribution in [2.75, 3.05) is 13.2 Å². The zero-order valence-corrected chi connectivity index (χ0v) is 15.7. The topological polar surface area (TPSA) is 38.8 Å². The summed E-state index contributed by atoms with van der Waals surface area (Å²) in [4.78, 5) is 14.2. The summed E-state index contributed by atoms with van der Waals surface area (Å²) >= 11 is 0. The van der Waals surface area contributed by atoms with E-state index in [0.717, 1.165) is 35.4 Å². The minimum atomic E-state index is -0.512. The van der Waals surface area contributed by atoms with Gasteiger partial charge in [-0.2, -0.15) is 0 Å². The molecule has 4 nitrogen and oxygen atoms in total. The number of hydrogen-bond acceptors (Lipinski definition) is 3. The van der Waals surface area contributed by atoms with Crippen molar-refractivity contribution in [1.29, 1.82) is 0 Å². The highest BCUT2D eigenvalue weighted by Crippen LogP contribution is 2.28. The molecule has 130 valence electrons. The molecule has 0 aromatic carbocycles. The van der Waals surface area contributed by atoms with Gasteiger partial charge >= 0.3 is 6.09 Å². The summed E-state index contributed by atoms with van der Waals surface area (Å²) in [6.45, 7) is 14.8. The Hall–Kier alpha value is -1.71. The van der Waals surface area contributed by atoms with Crippen LogP contribution in [0.2, 0.25) is 0 Å². The molecule has 0 aliphatic carbocycles. The van der Waals surface area contributed by atoms with Crippen LogP contribution in [0.5, 0.6) is 0 Å². The summed E-state index contributed by atoms with van der Waals surface area (Å²) in [5, 5.41) is 0. The minimum Gasteiger partial charge on any atom is -0.494 e. The van der Waals surface area contributed by atoms with Crippen LogP contribution in [0.3, 0.4) is 0 Å². The Balaban J connectivity index is 3.11. The second-order valence-corrected chi connectivity index (χ2v) is 6.88. The van der Waals surface area contributed by atoms with E-state index in [2.05, 4.69) is 26.0 Å². The lowest BCUT2D eigenvalue weighted by Crippen LogP contribution is -2.41. The fourth-order valence-electron chi connectivity index (χ4n) is 2.36. The number of nitrogens with zero attached hydrogens (tertiary/aromatic N) is 1. The van der Waals surface area contributed by atoms with Crippen LogP contribution in [0.25, 0.3) is 0 Å². The molecule has 0 bridgehead atoms. The maximum atomic E-state index is 12.5. The van der Waals surface area contributed by atoms with E-state index in [1.54, 1.807) is 4.90 Å². The van der Waals surface area contributed by atoms with Gasteiger partial charge in [-0.1, -0.05) is 25.5 Å². The van der Waals surface area contributed by atoms with E-state index in [9.17, 15) is 4.79 Å². The molecule has 1 aliphatic heterocycles. The molecule has 23 heavy (non-hydrogen) atoms. The normalized spacial score (nSPS) is 17.3. The van der Waals surface area contributed by atoms with Crippen molar-refractivity contribution in [2.24, 2.45) is 0 Å². The van der Waals surface area contributed by atoms with E-state index in [1.807, 2.05) is 34.6 Å². The molecule has 0 saturated heterocycles. The number of ether oxygens (including phenoxy) is 2. The van der Waals surface area contributed by atoms with Crippen LogP contribution in [0.4, 0.5) is 4.79 Å². The molecule has 0 fully saturated rings. The summed E-state index contributed by atoms with van der Waals surface area (Å²) in [5.41, 5.74) is 2.48. The molecule has 0 aromatic heterocycles. The molecule has 4 heteroatoms. The van der Waals surface area contributed by atoms with Gasteiger partial charge < -0.3 is 9.47 Å². The first-order valence-electron chi connectivity index (χ1n) is 8.36. The van der Waals surface area contributed by atoms with Crippen molar-refractivity contribution < 1.29 is 14.3 Å². The first-order chi connectivity index (χ1) is 10.7. The third kappa shape index (κ3) is 5.77. The van der Waals surface area contributed by atoms with Gasteiger partial charge in [0.15, 0.2) is 0 Å². The van der Waals surface area contributed by atoms with Gasteiger partial charge in [0.2, 0.25) is 0 Å². The predicted octanol–water partition coefficient (Wildman–Crippen LogP) is 5.18. The maximum absolute atomic E-state index is 12.5. The average Bonchev–Trinajstić information content (AvgIpc) is 2.44. The van der Waals surface area contributed by atoms with E-state index >= 15 is 0 Å². The van der Waals surface area contributed by atoms with Gasteiger partial charge in [0.1, 0.15) is 18.0 Å². The molecule has 0 N–H and O–H groups in total. The molecule has 0 unspecified atom stereocenters. The van der Waals surface area contributed by atoms with Crippen molar-refractivity contribution in [3.8, 4) is 0 Å².